The van der Waals surface area contributed by atoms with Crippen molar-refractivity contribution in [2.24, 2.45) is 0 Å². The molecule has 2 heterocycles. The molecule has 0 saturated heterocycles. The van der Waals surface area contributed by atoms with Crippen molar-refractivity contribution in [3.05, 3.63) is 65.5 Å². The summed E-state index contributed by atoms with van der Waals surface area (Å²) >= 11 is 0. The van der Waals surface area contributed by atoms with Gasteiger partial charge in [0, 0.05) is 60.3 Å². The number of aromatic amines is 1. The van der Waals surface area contributed by atoms with Gasteiger partial charge >= 0.3 is 5.97 Å². The lowest BCUT2D eigenvalue weighted by Crippen LogP contribution is -2.22. The van der Waals surface area contributed by atoms with E-state index in [2.05, 4.69) is 39.9 Å². The molecule has 7 heteroatoms. The summed E-state index contributed by atoms with van der Waals surface area (Å²) in [6, 6.07) is 14.2. The number of nitrogens with zero attached hydrogens (tertiary/aromatic N) is 1. The summed E-state index contributed by atoms with van der Waals surface area (Å²) in [6.07, 6.45) is 15.7. The van der Waals surface area contributed by atoms with Crippen LogP contribution >= 0.6 is 0 Å². The smallest absolute Gasteiger partial charge is 0.311 e. The molecule has 222 valence electrons. The first kappa shape index (κ1) is 29.6. The molecule has 0 bridgehead atoms. The maximum absolute atomic E-state index is 12.4. The second-order valence-electron chi connectivity index (χ2n) is 11.5. The number of fused-ring (bicyclic) bond motifs is 3. The van der Waals surface area contributed by atoms with Crippen molar-refractivity contribution in [3.63, 3.8) is 0 Å². The van der Waals surface area contributed by atoms with Gasteiger partial charge in [-0.2, -0.15) is 0 Å². The quantitative estimate of drug-likeness (QED) is 0.0788. The normalized spacial score (nSPS) is 12.8. The molecule has 3 N–H and O–H groups in total. The van der Waals surface area contributed by atoms with Gasteiger partial charge in [-0.1, -0.05) is 50.3 Å². The Morgan fingerprint density at radius 3 is 2.55 bits per heavy atom. The number of amides is 1. The molecular formula is C35H44N4O3. The Hall–Kier alpha value is -3.87. The van der Waals surface area contributed by atoms with Crippen LogP contribution in [0.1, 0.15) is 88.0 Å². The van der Waals surface area contributed by atoms with E-state index in [4.69, 9.17) is 9.72 Å². The molecule has 0 fully saturated rings. The fourth-order valence-electron chi connectivity index (χ4n) is 6.05. The van der Waals surface area contributed by atoms with Crippen LogP contribution in [0.3, 0.4) is 0 Å². The van der Waals surface area contributed by atoms with E-state index in [9.17, 15) is 9.59 Å². The molecule has 42 heavy (non-hydrogen) atoms. The van der Waals surface area contributed by atoms with Gasteiger partial charge in [0.2, 0.25) is 5.91 Å². The zero-order chi connectivity index (χ0) is 29.1. The van der Waals surface area contributed by atoms with E-state index in [0.717, 1.165) is 73.5 Å². The van der Waals surface area contributed by atoms with E-state index in [0.29, 0.717) is 18.7 Å². The van der Waals surface area contributed by atoms with Gasteiger partial charge in [0.25, 0.3) is 0 Å². The minimum Gasteiger partial charge on any atom is -0.427 e. The minimum atomic E-state index is -0.179. The third-order valence-electron chi connectivity index (χ3n) is 8.27. The number of para-hydroxylation sites is 1. The number of ether oxygens (including phenoxy) is 1. The van der Waals surface area contributed by atoms with E-state index in [1.54, 1.807) is 0 Å². The number of aromatic nitrogens is 2. The molecule has 0 aliphatic heterocycles. The first-order valence-electron chi connectivity index (χ1n) is 15.8. The molecular weight excluding hydrogens is 524 g/mol. The van der Waals surface area contributed by atoms with Crippen molar-refractivity contribution < 1.29 is 14.3 Å². The molecule has 1 aliphatic rings. The highest BCUT2D eigenvalue weighted by molar-refractivity contribution is 5.93. The van der Waals surface area contributed by atoms with Crippen LogP contribution in [0.2, 0.25) is 0 Å². The Morgan fingerprint density at radius 2 is 1.69 bits per heavy atom. The van der Waals surface area contributed by atoms with Gasteiger partial charge in [0.15, 0.2) is 0 Å². The van der Waals surface area contributed by atoms with Gasteiger partial charge < -0.3 is 20.4 Å². The first-order chi connectivity index (χ1) is 20.6. The Kier molecular flexibility index (Phi) is 10.5. The van der Waals surface area contributed by atoms with Crippen molar-refractivity contribution in [2.75, 3.05) is 18.4 Å². The van der Waals surface area contributed by atoms with Gasteiger partial charge in [-0.3, -0.25) is 14.6 Å². The predicted octanol–water partition coefficient (Wildman–Crippen LogP) is 7.41. The van der Waals surface area contributed by atoms with Gasteiger partial charge in [0.1, 0.15) is 5.75 Å². The maximum atomic E-state index is 12.4. The summed E-state index contributed by atoms with van der Waals surface area (Å²) in [7, 11) is 0. The molecule has 2 aromatic heterocycles. The van der Waals surface area contributed by atoms with Gasteiger partial charge in [-0.05, 0) is 80.3 Å². The number of hydrogen-bond acceptors (Lipinski definition) is 5. The van der Waals surface area contributed by atoms with Crippen LogP contribution < -0.4 is 15.4 Å². The number of carbonyl (C=O) groups excluding carboxylic acids is 2. The molecule has 0 atom stereocenters. The van der Waals surface area contributed by atoms with Crippen LogP contribution in [0, 0.1) is 0 Å². The number of rotatable bonds is 15. The number of unbranched alkanes of at least 4 members (excludes halogenated alkanes) is 6. The maximum Gasteiger partial charge on any atom is 0.311 e. The standard InChI is InChI=1S/C35H44N4O3/c1-25(40)36-22-20-26-24-38-31-19-18-27(23-30(26)31)42-34(41)17-7-5-3-2-4-6-12-21-37-35-28-13-8-10-15-32(28)39-33-16-11-9-14-29(33)35/h8,10,13,15,18-19,23-24,38H,2-7,9,11-12,14,16-17,20-22H2,1H3,(H,36,40)(H,37,39). The molecule has 1 amide bonds. The van der Waals surface area contributed by atoms with Crippen molar-refractivity contribution in [1.29, 1.82) is 0 Å². The van der Waals surface area contributed by atoms with Crippen LogP contribution in [0.15, 0.2) is 48.7 Å². The summed E-state index contributed by atoms with van der Waals surface area (Å²) in [4.78, 5) is 31.8. The number of aryl methyl sites for hydroxylation is 1. The highest BCUT2D eigenvalue weighted by Gasteiger charge is 2.17. The lowest BCUT2D eigenvalue weighted by Gasteiger charge is -2.21. The molecule has 0 saturated carbocycles. The summed E-state index contributed by atoms with van der Waals surface area (Å²) in [5, 5.41) is 8.88. The second-order valence-corrected chi connectivity index (χ2v) is 11.5. The van der Waals surface area contributed by atoms with Crippen molar-refractivity contribution in [2.45, 2.75) is 90.4 Å². The number of anilines is 1. The third-order valence-corrected chi connectivity index (χ3v) is 8.27. The lowest BCUT2D eigenvalue weighted by atomic mass is 9.92. The Balaban J connectivity index is 0.959. The zero-order valence-corrected chi connectivity index (χ0v) is 24.9. The average molecular weight is 569 g/mol. The SMILES string of the molecule is CC(=O)NCCc1c[nH]c2ccc(OC(=O)CCCCCCCCCNc3c4c(nc5ccccc35)CCCC4)cc12. The van der Waals surface area contributed by atoms with Crippen LogP contribution in [-0.4, -0.2) is 34.9 Å². The number of hydrogen-bond donors (Lipinski definition) is 3. The Bertz CT molecular complexity index is 1510. The largest absolute Gasteiger partial charge is 0.427 e. The van der Waals surface area contributed by atoms with Gasteiger partial charge in [0.05, 0.1) is 5.52 Å². The molecule has 0 spiro atoms. The number of esters is 1. The van der Waals surface area contributed by atoms with Crippen molar-refractivity contribution in [3.8, 4) is 5.75 Å². The third kappa shape index (κ3) is 7.90. The summed E-state index contributed by atoms with van der Waals surface area (Å²) in [5.74, 6) is 0.355. The van der Waals surface area contributed by atoms with E-state index in [1.807, 2.05) is 24.4 Å². The highest BCUT2D eigenvalue weighted by atomic mass is 16.5. The molecule has 5 rings (SSSR count). The van der Waals surface area contributed by atoms with Gasteiger partial charge in [-0.15, -0.1) is 0 Å². The monoisotopic (exact) mass is 568 g/mol. The molecule has 4 aromatic rings. The second kappa shape index (κ2) is 14.9. The Morgan fingerprint density at radius 1 is 0.905 bits per heavy atom. The predicted molar refractivity (Wildman–Crippen MR) is 170 cm³/mol. The zero-order valence-electron chi connectivity index (χ0n) is 24.9. The lowest BCUT2D eigenvalue weighted by molar-refractivity contribution is -0.134. The number of nitrogens with one attached hydrogen (secondary N) is 3. The fraction of sp³-hybridized carbons (Fsp3) is 0.457. The highest BCUT2D eigenvalue weighted by Crippen LogP contribution is 2.33. The molecule has 2 aromatic carbocycles. The number of benzene rings is 2. The van der Waals surface area contributed by atoms with Crippen LogP contribution in [0.25, 0.3) is 21.8 Å². The average Bonchev–Trinajstić information content (AvgIpc) is 3.39. The van der Waals surface area contributed by atoms with Crippen LogP contribution in [0.4, 0.5) is 5.69 Å². The molecule has 7 nitrogen and oxygen atoms in total. The summed E-state index contributed by atoms with van der Waals surface area (Å²) in [6.45, 7) is 3.09. The number of carbonyl (C=O) groups is 2. The number of H-pyrrole nitrogens is 1. The molecule has 0 radical (unpaired) electrons. The van der Waals surface area contributed by atoms with Crippen molar-refractivity contribution in [1.82, 2.24) is 15.3 Å². The van der Waals surface area contributed by atoms with Gasteiger partial charge in [-0.25, -0.2) is 0 Å². The van der Waals surface area contributed by atoms with E-state index in [-0.39, 0.29) is 11.9 Å². The first-order valence-corrected chi connectivity index (χ1v) is 15.8. The van der Waals surface area contributed by atoms with E-state index in [1.165, 1.54) is 61.4 Å². The summed E-state index contributed by atoms with van der Waals surface area (Å²) < 4.78 is 5.63. The minimum absolute atomic E-state index is 0.0367. The van der Waals surface area contributed by atoms with E-state index >= 15 is 0 Å². The molecule has 1 aliphatic carbocycles. The topological polar surface area (TPSA) is 96.1 Å². The van der Waals surface area contributed by atoms with Crippen molar-refractivity contribution >= 4 is 39.4 Å². The Labute approximate surface area is 248 Å². The van der Waals surface area contributed by atoms with E-state index < -0.39 is 0 Å². The van der Waals surface area contributed by atoms with Crippen LogP contribution in [-0.2, 0) is 28.9 Å². The number of pyridine rings is 1. The molecule has 0 unspecified atom stereocenters. The summed E-state index contributed by atoms with van der Waals surface area (Å²) in [5.41, 5.74) is 7.24. The van der Waals surface area contributed by atoms with Crippen LogP contribution in [0.5, 0.6) is 5.75 Å². The fourth-order valence-corrected chi connectivity index (χ4v) is 6.05.